The lowest BCUT2D eigenvalue weighted by Gasteiger charge is -2.23. The molecule has 3 saturated heterocycles. The molecule has 1 N–H and O–H groups in total. The molecule has 12 heteroatoms. The average Bonchev–Trinajstić information content (AvgIpc) is 3.69. The van der Waals surface area contributed by atoms with Crippen molar-refractivity contribution in [2.75, 3.05) is 24.6 Å². The van der Waals surface area contributed by atoms with Gasteiger partial charge < -0.3 is 24.2 Å². The van der Waals surface area contributed by atoms with Crippen LogP contribution in [0.25, 0.3) is 11.0 Å². The molecule has 1 aromatic carbocycles. The minimum atomic E-state index is -4.03. The average molecular weight is 575 g/mol. The van der Waals surface area contributed by atoms with Crippen LogP contribution in [0.3, 0.4) is 0 Å². The summed E-state index contributed by atoms with van der Waals surface area (Å²) in [4.78, 5) is 11.5. The predicted molar refractivity (Wildman–Crippen MR) is 143 cm³/mol. The molecule has 0 bridgehead atoms. The summed E-state index contributed by atoms with van der Waals surface area (Å²) in [6, 6.07) is 8.29. The Balaban J connectivity index is 1.43. The number of rotatable bonds is 5. The van der Waals surface area contributed by atoms with Crippen LogP contribution in [0.2, 0.25) is 5.28 Å². The van der Waals surface area contributed by atoms with Crippen molar-refractivity contribution in [3.63, 3.8) is 0 Å². The molecular formula is C27H31ClN4O6S. The Kier molecular flexibility index (Phi) is 6.00. The van der Waals surface area contributed by atoms with Crippen LogP contribution in [0, 0.1) is 11.8 Å². The van der Waals surface area contributed by atoms with Gasteiger partial charge in [-0.05, 0) is 62.3 Å². The molecule has 3 aliphatic heterocycles. The normalized spacial score (nSPS) is 31.7. The number of aromatic nitrogens is 3. The molecule has 2 aromatic heterocycles. The molecule has 208 valence electrons. The predicted octanol–water partition coefficient (Wildman–Crippen LogP) is 3.51. The highest BCUT2D eigenvalue weighted by Gasteiger charge is 2.56. The second-order valence-electron chi connectivity index (χ2n) is 11.4. The first kappa shape index (κ1) is 25.7. The van der Waals surface area contributed by atoms with Gasteiger partial charge in [-0.15, -0.1) is 0 Å². The van der Waals surface area contributed by atoms with Gasteiger partial charge in [-0.2, -0.15) is 4.98 Å². The first-order chi connectivity index (χ1) is 18.7. The van der Waals surface area contributed by atoms with E-state index in [1.165, 1.54) is 10.4 Å². The highest BCUT2D eigenvalue weighted by atomic mass is 35.5. The third kappa shape index (κ3) is 4.08. The quantitative estimate of drug-likeness (QED) is 0.457. The minimum absolute atomic E-state index is 0.0304. The van der Waals surface area contributed by atoms with Crippen molar-refractivity contribution < 1.29 is 27.7 Å². The fourth-order valence-electron chi connectivity index (χ4n) is 6.88. The lowest BCUT2D eigenvalue weighted by Crippen LogP contribution is -2.31. The Hall–Kier alpha value is -2.28. The van der Waals surface area contributed by atoms with Crippen molar-refractivity contribution in [1.82, 2.24) is 13.9 Å². The Morgan fingerprint density at radius 1 is 1.08 bits per heavy atom. The molecule has 0 amide bonds. The zero-order valence-corrected chi connectivity index (χ0v) is 23.3. The van der Waals surface area contributed by atoms with Crippen LogP contribution in [-0.2, 0) is 24.2 Å². The van der Waals surface area contributed by atoms with Crippen LogP contribution in [-0.4, -0.2) is 71.3 Å². The van der Waals surface area contributed by atoms with Gasteiger partial charge in [-0.25, -0.2) is 17.4 Å². The van der Waals surface area contributed by atoms with Crippen LogP contribution in [0.1, 0.15) is 44.8 Å². The van der Waals surface area contributed by atoms with Gasteiger partial charge in [0, 0.05) is 24.8 Å². The first-order valence-corrected chi connectivity index (χ1v) is 15.2. The summed E-state index contributed by atoms with van der Waals surface area (Å²) < 4.78 is 48.0. The fourth-order valence-corrected chi connectivity index (χ4v) is 8.44. The third-order valence-electron chi connectivity index (χ3n) is 8.55. The number of aliphatic hydroxyl groups is 1. The van der Waals surface area contributed by atoms with E-state index in [0.29, 0.717) is 34.3 Å². The molecule has 39 heavy (non-hydrogen) atoms. The third-order valence-corrected chi connectivity index (χ3v) is 10.4. The van der Waals surface area contributed by atoms with Gasteiger partial charge in [0.2, 0.25) is 5.28 Å². The van der Waals surface area contributed by atoms with E-state index in [2.05, 4.69) is 14.9 Å². The Morgan fingerprint density at radius 2 is 1.77 bits per heavy atom. The molecule has 0 radical (unpaired) electrons. The maximum Gasteiger partial charge on any atom is 0.268 e. The van der Waals surface area contributed by atoms with Gasteiger partial charge >= 0.3 is 0 Å². The Bertz CT molecular complexity index is 1520. The summed E-state index contributed by atoms with van der Waals surface area (Å²) in [5, 5.41) is 10.1. The molecule has 3 aromatic rings. The summed E-state index contributed by atoms with van der Waals surface area (Å²) in [7, 11) is -4.03. The monoisotopic (exact) mass is 574 g/mol. The number of ether oxygens (including phenoxy) is 3. The van der Waals surface area contributed by atoms with Crippen molar-refractivity contribution in [2.24, 2.45) is 11.8 Å². The topological polar surface area (TPSA) is 116 Å². The van der Waals surface area contributed by atoms with E-state index < -0.39 is 40.2 Å². The van der Waals surface area contributed by atoms with Crippen LogP contribution in [0.4, 0.5) is 5.82 Å². The molecule has 1 saturated carbocycles. The van der Waals surface area contributed by atoms with E-state index in [9.17, 15) is 13.5 Å². The van der Waals surface area contributed by atoms with E-state index in [1.807, 2.05) is 0 Å². The van der Waals surface area contributed by atoms with Crippen LogP contribution >= 0.6 is 11.6 Å². The second-order valence-corrected chi connectivity index (χ2v) is 13.6. The smallest absolute Gasteiger partial charge is 0.268 e. The molecule has 4 fully saturated rings. The number of benzene rings is 1. The number of fused-ring (bicyclic) bond motifs is 3. The number of hydrogen-bond donors (Lipinski definition) is 1. The number of halogens is 1. The van der Waals surface area contributed by atoms with E-state index in [0.717, 1.165) is 25.9 Å². The first-order valence-electron chi connectivity index (χ1n) is 13.4. The van der Waals surface area contributed by atoms with Crippen molar-refractivity contribution in [2.45, 2.75) is 68.2 Å². The summed E-state index contributed by atoms with van der Waals surface area (Å²) in [6.07, 6.45) is 2.62. The van der Waals surface area contributed by atoms with Crippen LogP contribution in [0.5, 0.6) is 0 Å². The molecule has 7 rings (SSSR count). The molecule has 1 aliphatic carbocycles. The highest BCUT2D eigenvalue weighted by molar-refractivity contribution is 7.90. The second kappa shape index (κ2) is 9.12. The number of nitrogens with zero attached hydrogens (tertiary/aromatic N) is 4. The standard InChI is InChI=1S/C27H31ClN4O6S/c1-27(2)37-23-19(14-33)36-22(24(23)38-27)18-13-32(39(34,35)17-9-4-3-5-10-17)21-20(18)29-26(28)30-25(21)31-11-15-7-6-8-16(15)12-31/h3-5,9-10,13,15-16,19,22-24,33H,6-8,11-12,14H2,1-2H3/t15?,16?,19-,22+,23-,24+/m1/s1. The lowest BCUT2D eigenvalue weighted by atomic mass is 10.0. The summed E-state index contributed by atoms with van der Waals surface area (Å²) in [6.45, 7) is 4.93. The molecule has 10 nitrogen and oxygen atoms in total. The highest BCUT2D eigenvalue weighted by Crippen LogP contribution is 2.48. The number of aliphatic hydroxyl groups excluding tert-OH is 1. The molecule has 6 atom stereocenters. The van der Waals surface area contributed by atoms with Crippen molar-refractivity contribution >= 4 is 38.5 Å². The van der Waals surface area contributed by atoms with Gasteiger partial charge in [0.15, 0.2) is 11.6 Å². The largest absolute Gasteiger partial charge is 0.394 e. The van der Waals surface area contributed by atoms with Gasteiger partial charge in [-0.1, -0.05) is 24.6 Å². The van der Waals surface area contributed by atoms with Crippen molar-refractivity contribution in [3.8, 4) is 0 Å². The molecule has 0 spiro atoms. The summed E-state index contributed by atoms with van der Waals surface area (Å²) >= 11 is 6.51. The molecule has 4 aliphatic rings. The van der Waals surface area contributed by atoms with Gasteiger partial charge in [0.1, 0.15) is 35.4 Å². The number of hydrogen-bond acceptors (Lipinski definition) is 9. The maximum absolute atomic E-state index is 14.1. The maximum atomic E-state index is 14.1. The zero-order chi connectivity index (χ0) is 27.1. The summed E-state index contributed by atoms with van der Waals surface area (Å²) in [5.74, 6) is 0.725. The van der Waals surface area contributed by atoms with Crippen molar-refractivity contribution in [1.29, 1.82) is 0 Å². The molecule has 5 heterocycles. The van der Waals surface area contributed by atoms with E-state index in [4.69, 9.17) is 25.8 Å². The minimum Gasteiger partial charge on any atom is -0.394 e. The van der Waals surface area contributed by atoms with Crippen LogP contribution < -0.4 is 4.90 Å². The van der Waals surface area contributed by atoms with E-state index in [1.54, 1.807) is 50.4 Å². The Morgan fingerprint density at radius 3 is 2.46 bits per heavy atom. The molecular weight excluding hydrogens is 544 g/mol. The van der Waals surface area contributed by atoms with Gasteiger partial charge in [-0.3, -0.25) is 0 Å². The fraction of sp³-hybridized carbons (Fsp3) is 0.556. The SMILES string of the molecule is CC1(C)O[C@@H]2[C@H](O1)[C@@H](CO)O[C@H]2c1cn(S(=O)(=O)c2ccccc2)c2c(N3CC4CCCC4C3)nc(Cl)nc12. The van der Waals surface area contributed by atoms with E-state index >= 15 is 0 Å². The zero-order valence-electron chi connectivity index (χ0n) is 21.7. The van der Waals surface area contributed by atoms with Gasteiger partial charge in [0.05, 0.1) is 11.5 Å². The van der Waals surface area contributed by atoms with Crippen molar-refractivity contribution in [3.05, 3.63) is 47.4 Å². The lowest BCUT2D eigenvalue weighted by molar-refractivity contribution is -0.190. The van der Waals surface area contributed by atoms with Gasteiger partial charge in [0.25, 0.3) is 10.0 Å². The number of anilines is 1. The molecule has 2 unspecified atom stereocenters. The van der Waals surface area contributed by atoms with Crippen LogP contribution in [0.15, 0.2) is 41.4 Å². The van der Waals surface area contributed by atoms with E-state index in [-0.39, 0.29) is 16.8 Å². The Labute approximate surface area is 231 Å². The summed E-state index contributed by atoms with van der Waals surface area (Å²) in [5.41, 5.74) is 1.25.